The first-order valence-electron chi connectivity index (χ1n) is 14.6. The van der Waals surface area contributed by atoms with Crippen molar-refractivity contribution in [2.45, 2.75) is 51.0 Å². The third kappa shape index (κ3) is 6.42. The number of ketones is 1. The van der Waals surface area contributed by atoms with Crippen LogP contribution in [-0.4, -0.2) is 50.3 Å². The molecule has 0 spiro atoms. The first-order chi connectivity index (χ1) is 20.2. The Bertz CT molecular complexity index is 1340. The van der Waals surface area contributed by atoms with Crippen LogP contribution in [-0.2, 0) is 25.4 Å². The Hall–Kier alpha value is -3.56. The van der Waals surface area contributed by atoms with Crippen LogP contribution in [0, 0.1) is 11.8 Å². The van der Waals surface area contributed by atoms with Gasteiger partial charge in [-0.2, -0.15) is 0 Å². The highest BCUT2D eigenvalue weighted by Crippen LogP contribution is 2.42. The van der Waals surface area contributed by atoms with Gasteiger partial charge in [0.05, 0.1) is 6.61 Å². The van der Waals surface area contributed by atoms with E-state index in [0.29, 0.717) is 25.0 Å². The number of hydrogen-bond donors (Lipinski definition) is 2. The molecule has 7 nitrogen and oxygen atoms in total. The van der Waals surface area contributed by atoms with Crippen LogP contribution in [0.5, 0.6) is 0 Å². The number of ether oxygens (including phenoxy) is 1. The summed E-state index contributed by atoms with van der Waals surface area (Å²) >= 11 is 0. The van der Waals surface area contributed by atoms with E-state index >= 15 is 0 Å². The molecule has 1 aliphatic heterocycles. The second-order valence-corrected chi connectivity index (χ2v) is 16.6. The monoisotopic (exact) mass is 583 g/mol. The molecule has 1 aliphatic carbocycles. The van der Waals surface area contributed by atoms with Gasteiger partial charge in [0.1, 0.15) is 0 Å². The van der Waals surface area contributed by atoms with Crippen LogP contribution < -0.4 is 21.5 Å². The summed E-state index contributed by atoms with van der Waals surface area (Å²) in [6.07, 6.45) is 2.79. The molecule has 4 atom stereocenters. The van der Waals surface area contributed by atoms with Crippen LogP contribution >= 0.6 is 0 Å². The van der Waals surface area contributed by atoms with Gasteiger partial charge in [-0.25, -0.2) is 5.84 Å². The van der Waals surface area contributed by atoms with E-state index in [4.69, 9.17) is 15.0 Å². The summed E-state index contributed by atoms with van der Waals surface area (Å²) < 4.78 is 13.0. The summed E-state index contributed by atoms with van der Waals surface area (Å²) in [5, 5.41) is 6.74. The average Bonchev–Trinajstić information content (AvgIpc) is 3.76. The molecule has 3 aromatic rings. The topological polar surface area (TPSA) is 93.9 Å². The zero-order chi connectivity index (χ0) is 29.7. The summed E-state index contributed by atoms with van der Waals surface area (Å²) in [6, 6.07) is 29.9. The van der Waals surface area contributed by atoms with Crippen molar-refractivity contribution in [2.75, 3.05) is 13.2 Å². The highest BCUT2D eigenvalue weighted by Gasteiger charge is 2.51. The Morgan fingerprint density at radius 1 is 0.929 bits per heavy atom. The number of hydrogen-bond acceptors (Lipinski definition) is 6. The maximum absolute atomic E-state index is 13.3. The summed E-state index contributed by atoms with van der Waals surface area (Å²) in [5.74, 6) is 6.20. The van der Waals surface area contributed by atoms with Crippen LogP contribution in [0.25, 0.3) is 0 Å². The molecule has 3 aromatic carbocycles. The normalized spacial score (nSPS) is 22.2. The standard InChI is InChI=1S/C34H41N3O4Si/c1-34(2,3)42(28-15-9-5-10-16-28,29-17-11-6-12-18-29)41-24-27-21-26(27)22-36-33(39)31-32(30(38)19-20-37(31)35)40-23-25-13-7-4-8-14-25/h4-20,26-27,31-32H,21-24,35H2,1-3H3,(H,36,39). The third-order valence-corrected chi connectivity index (χ3v) is 13.4. The van der Waals surface area contributed by atoms with Gasteiger partial charge in [-0.15, -0.1) is 0 Å². The quantitative estimate of drug-likeness (QED) is 0.265. The van der Waals surface area contributed by atoms with Gasteiger partial charge in [0.25, 0.3) is 8.32 Å². The molecule has 1 amide bonds. The number of amides is 1. The van der Waals surface area contributed by atoms with E-state index in [-0.39, 0.29) is 23.3 Å². The molecule has 220 valence electrons. The molecule has 8 heteroatoms. The average molecular weight is 584 g/mol. The first-order valence-corrected chi connectivity index (χ1v) is 16.5. The van der Waals surface area contributed by atoms with E-state index in [2.05, 4.69) is 74.6 Å². The predicted octanol–water partition coefficient (Wildman–Crippen LogP) is 3.54. The summed E-state index contributed by atoms with van der Waals surface area (Å²) in [4.78, 5) is 26.0. The zero-order valence-electron chi connectivity index (χ0n) is 24.6. The van der Waals surface area contributed by atoms with Crippen molar-refractivity contribution in [1.29, 1.82) is 0 Å². The van der Waals surface area contributed by atoms with Gasteiger partial charge in [-0.1, -0.05) is 112 Å². The molecule has 1 saturated carbocycles. The van der Waals surface area contributed by atoms with Gasteiger partial charge < -0.3 is 19.5 Å². The van der Waals surface area contributed by atoms with E-state index in [0.717, 1.165) is 12.0 Å². The van der Waals surface area contributed by atoms with Crippen molar-refractivity contribution in [3.8, 4) is 0 Å². The van der Waals surface area contributed by atoms with Crippen LogP contribution in [0.15, 0.2) is 103 Å². The number of rotatable bonds is 11. The first kappa shape index (κ1) is 29.9. The number of nitrogens with one attached hydrogen (secondary N) is 1. The van der Waals surface area contributed by atoms with Crippen molar-refractivity contribution in [1.82, 2.24) is 10.3 Å². The molecule has 42 heavy (non-hydrogen) atoms. The minimum absolute atomic E-state index is 0.0886. The fourth-order valence-corrected chi connectivity index (χ4v) is 10.6. The van der Waals surface area contributed by atoms with E-state index in [9.17, 15) is 9.59 Å². The Balaban J connectivity index is 1.22. The molecule has 0 bridgehead atoms. The van der Waals surface area contributed by atoms with Crippen molar-refractivity contribution in [3.05, 3.63) is 109 Å². The molecular formula is C34H41N3O4Si. The lowest BCUT2D eigenvalue weighted by molar-refractivity contribution is -0.143. The predicted molar refractivity (Wildman–Crippen MR) is 167 cm³/mol. The highest BCUT2D eigenvalue weighted by molar-refractivity contribution is 6.99. The maximum atomic E-state index is 13.3. The Kier molecular flexibility index (Phi) is 9.08. The smallest absolute Gasteiger partial charge is 0.261 e. The van der Waals surface area contributed by atoms with Crippen LogP contribution in [0.1, 0.15) is 32.8 Å². The van der Waals surface area contributed by atoms with Crippen LogP contribution in [0.4, 0.5) is 0 Å². The number of nitrogens with two attached hydrogens (primary N) is 1. The van der Waals surface area contributed by atoms with Gasteiger partial charge >= 0.3 is 0 Å². The van der Waals surface area contributed by atoms with E-state index in [1.54, 1.807) is 0 Å². The zero-order valence-corrected chi connectivity index (χ0v) is 25.6. The van der Waals surface area contributed by atoms with Crippen molar-refractivity contribution < 1.29 is 18.8 Å². The number of nitrogens with zero attached hydrogens (tertiary/aromatic N) is 1. The van der Waals surface area contributed by atoms with E-state index in [1.807, 2.05) is 42.5 Å². The fourth-order valence-electron chi connectivity index (χ4n) is 5.96. The summed E-state index contributed by atoms with van der Waals surface area (Å²) in [5.41, 5.74) is 0.921. The number of carbonyl (C=O) groups excluding carboxylic acids is 2. The summed E-state index contributed by atoms with van der Waals surface area (Å²) in [7, 11) is -2.61. The summed E-state index contributed by atoms with van der Waals surface area (Å²) in [6.45, 7) is 8.17. The molecule has 0 aromatic heterocycles. The van der Waals surface area contributed by atoms with Crippen LogP contribution in [0.2, 0.25) is 5.04 Å². The third-order valence-electron chi connectivity index (χ3n) is 8.38. The lowest BCUT2D eigenvalue weighted by Gasteiger charge is -2.43. The lowest BCUT2D eigenvalue weighted by Crippen LogP contribution is -2.66. The highest BCUT2D eigenvalue weighted by atomic mass is 28.4. The van der Waals surface area contributed by atoms with Gasteiger partial charge in [0.2, 0.25) is 5.91 Å². The van der Waals surface area contributed by atoms with Crippen molar-refractivity contribution in [2.24, 2.45) is 17.7 Å². The maximum Gasteiger partial charge on any atom is 0.261 e. The molecular weight excluding hydrogens is 542 g/mol. The minimum atomic E-state index is -2.61. The molecule has 3 N–H and O–H groups in total. The Morgan fingerprint density at radius 3 is 2.07 bits per heavy atom. The van der Waals surface area contributed by atoms with Crippen molar-refractivity contribution >= 4 is 30.4 Å². The largest absolute Gasteiger partial charge is 0.407 e. The van der Waals surface area contributed by atoms with E-state index < -0.39 is 20.5 Å². The Morgan fingerprint density at radius 2 is 1.50 bits per heavy atom. The second kappa shape index (κ2) is 12.7. The molecule has 2 aliphatic rings. The fraction of sp³-hybridized carbons (Fsp3) is 0.353. The molecule has 1 fully saturated rings. The van der Waals surface area contributed by atoms with Gasteiger partial charge in [-0.3, -0.25) is 9.59 Å². The van der Waals surface area contributed by atoms with Gasteiger partial charge in [0.15, 0.2) is 17.9 Å². The van der Waals surface area contributed by atoms with Gasteiger partial charge in [0, 0.05) is 25.4 Å². The van der Waals surface area contributed by atoms with Crippen LogP contribution in [0.3, 0.4) is 0 Å². The second-order valence-electron chi connectivity index (χ2n) is 12.3. The van der Waals surface area contributed by atoms with Crippen molar-refractivity contribution in [3.63, 3.8) is 0 Å². The van der Waals surface area contributed by atoms with E-state index in [1.165, 1.54) is 27.7 Å². The lowest BCUT2D eigenvalue weighted by atomic mass is 10.0. The minimum Gasteiger partial charge on any atom is -0.407 e. The molecule has 4 unspecified atom stereocenters. The molecule has 0 radical (unpaired) electrons. The van der Waals surface area contributed by atoms with Gasteiger partial charge in [-0.05, 0) is 39.2 Å². The molecule has 1 heterocycles. The number of hydrazine groups is 1. The SMILES string of the molecule is CC(C)(C)[Si](OCC1CC1CNC(=O)C1C(OCc2ccccc2)C(=O)C=CN1N)(c1ccccc1)c1ccccc1. The number of benzene rings is 3. The Labute approximate surface area is 249 Å². The number of carbonyl (C=O) groups is 2. The molecule has 5 rings (SSSR count). The molecule has 0 saturated heterocycles.